The predicted octanol–water partition coefficient (Wildman–Crippen LogP) is 2.70. The molecule has 0 unspecified atom stereocenters. The molecule has 0 atom stereocenters. The Morgan fingerprint density at radius 3 is 3.00 bits per heavy atom. The second-order valence-electron chi connectivity index (χ2n) is 4.34. The van der Waals surface area contributed by atoms with Gasteiger partial charge in [0.2, 0.25) is 5.91 Å². The molecular weight excluding hydrogens is 290 g/mol. The lowest BCUT2D eigenvalue weighted by Crippen LogP contribution is -2.30. The van der Waals surface area contributed by atoms with Gasteiger partial charge < -0.3 is 10.3 Å². The fourth-order valence-electron chi connectivity index (χ4n) is 1.96. The van der Waals surface area contributed by atoms with Crippen LogP contribution in [-0.2, 0) is 4.79 Å². The second-order valence-corrected chi connectivity index (χ2v) is 4.70. The lowest BCUT2D eigenvalue weighted by Gasteiger charge is -2.18. The first kappa shape index (κ1) is 15.2. The number of nitrogens with one attached hydrogen (secondary N) is 1. The Hall–Kier alpha value is -2.21. The van der Waals surface area contributed by atoms with Gasteiger partial charge >= 0.3 is 0 Å². The number of hydrogen-bond acceptors (Lipinski definition) is 4. The Morgan fingerprint density at radius 2 is 2.38 bits per heavy atom. The number of carbonyl (C=O) groups is 1. The third-order valence-corrected chi connectivity index (χ3v) is 3.24. The molecule has 0 aliphatic carbocycles. The Kier molecular flexibility index (Phi) is 5.05. The number of rotatable bonds is 6. The van der Waals surface area contributed by atoms with Crippen LogP contribution < -0.4 is 4.90 Å². The van der Waals surface area contributed by atoms with Crippen molar-refractivity contribution in [3.8, 4) is 5.69 Å². The first-order valence-electron chi connectivity index (χ1n) is 6.62. The third kappa shape index (κ3) is 3.46. The number of carbonyl (C=O) groups excluding carboxylic acids is 1. The molecule has 110 valence electrons. The molecular formula is C14H16ClN5O. The highest BCUT2D eigenvalue weighted by Crippen LogP contribution is 2.26. The van der Waals surface area contributed by atoms with Crippen molar-refractivity contribution >= 4 is 29.4 Å². The van der Waals surface area contributed by atoms with Crippen molar-refractivity contribution < 1.29 is 4.79 Å². The maximum atomic E-state index is 12.1. The van der Waals surface area contributed by atoms with E-state index in [0.29, 0.717) is 18.7 Å². The summed E-state index contributed by atoms with van der Waals surface area (Å²) < 4.78 is 1.59. The highest BCUT2D eigenvalue weighted by atomic mass is 35.5. The topological polar surface area (TPSA) is 74.9 Å². The van der Waals surface area contributed by atoms with Crippen LogP contribution in [-0.4, -0.2) is 33.4 Å². The molecule has 2 rings (SSSR count). The van der Waals surface area contributed by atoms with Gasteiger partial charge in [0.05, 0.1) is 18.1 Å². The molecule has 0 saturated heterocycles. The van der Waals surface area contributed by atoms with Gasteiger partial charge in [0.1, 0.15) is 5.69 Å². The van der Waals surface area contributed by atoms with Crippen LogP contribution in [0, 0.1) is 5.41 Å². The molecule has 6 nitrogen and oxygen atoms in total. The minimum atomic E-state index is -0.0753. The molecule has 0 bridgehead atoms. The molecule has 0 fully saturated rings. The van der Waals surface area contributed by atoms with Gasteiger partial charge in [-0.15, -0.1) is 0 Å². The van der Waals surface area contributed by atoms with Crippen LogP contribution in [0.5, 0.6) is 0 Å². The minimum absolute atomic E-state index is 0.0753. The molecule has 0 aromatic carbocycles. The maximum absolute atomic E-state index is 12.1. The van der Waals surface area contributed by atoms with E-state index in [1.165, 1.54) is 6.21 Å². The van der Waals surface area contributed by atoms with E-state index in [1.54, 1.807) is 34.2 Å². The van der Waals surface area contributed by atoms with Crippen LogP contribution in [0.3, 0.4) is 0 Å². The van der Waals surface area contributed by atoms with Crippen molar-refractivity contribution in [1.82, 2.24) is 14.8 Å². The Bertz CT molecular complexity index is 626. The van der Waals surface area contributed by atoms with Crippen LogP contribution >= 0.6 is 11.6 Å². The summed E-state index contributed by atoms with van der Waals surface area (Å²) in [5.41, 5.74) is 1.34. The van der Waals surface area contributed by atoms with Gasteiger partial charge in [0.25, 0.3) is 0 Å². The molecule has 21 heavy (non-hydrogen) atoms. The fourth-order valence-corrected chi connectivity index (χ4v) is 2.19. The van der Waals surface area contributed by atoms with E-state index in [9.17, 15) is 4.79 Å². The first-order chi connectivity index (χ1) is 10.2. The summed E-state index contributed by atoms with van der Waals surface area (Å²) in [6.45, 7) is 2.37. The van der Waals surface area contributed by atoms with Crippen LogP contribution in [0.2, 0.25) is 5.15 Å². The average molecular weight is 306 g/mol. The van der Waals surface area contributed by atoms with Crippen molar-refractivity contribution in [3.63, 3.8) is 0 Å². The van der Waals surface area contributed by atoms with Gasteiger partial charge in [-0.2, -0.15) is 5.10 Å². The molecule has 0 saturated carbocycles. The molecule has 1 amide bonds. The number of amides is 1. The van der Waals surface area contributed by atoms with Crippen LogP contribution in [0.1, 0.15) is 19.8 Å². The van der Waals surface area contributed by atoms with Crippen LogP contribution in [0.25, 0.3) is 5.69 Å². The normalized spacial score (nSPS) is 10.4. The molecule has 0 spiro atoms. The molecule has 2 aromatic heterocycles. The smallest absolute Gasteiger partial charge is 0.227 e. The average Bonchev–Trinajstić information content (AvgIpc) is 2.89. The zero-order valence-electron chi connectivity index (χ0n) is 11.7. The molecule has 0 aliphatic heterocycles. The highest BCUT2D eigenvalue weighted by molar-refractivity contribution is 6.32. The van der Waals surface area contributed by atoms with E-state index in [4.69, 9.17) is 17.0 Å². The molecule has 0 radical (unpaired) electrons. The van der Waals surface area contributed by atoms with Crippen molar-refractivity contribution in [1.29, 1.82) is 5.41 Å². The zero-order chi connectivity index (χ0) is 15.2. The van der Waals surface area contributed by atoms with Gasteiger partial charge in [-0.1, -0.05) is 11.6 Å². The summed E-state index contributed by atoms with van der Waals surface area (Å²) in [4.78, 5) is 17.8. The lowest BCUT2D eigenvalue weighted by atomic mass is 10.3. The van der Waals surface area contributed by atoms with E-state index in [1.807, 2.05) is 13.0 Å². The fraction of sp³-hybridized carbons (Fsp3) is 0.286. The maximum Gasteiger partial charge on any atom is 0.227 e. The van der Waals surface area contributed by atoms with Crippen LogP contribution in [0.4, 0.5) is 5.69 Å². The van der Waals surface area contributed by atoms with Crippen molar-refractivity contribution in [2.24, 2.45) is 0 Å². The van der Waals surface area contributed by atoms with Crippen molar-refractivity contribution in [3.05, 3.63) is 35.9 Å². The number of halogens is 1. The largest absolute Gasteiger partial charge is 0.313 e. The van der Waals surface area contributed by atoms with Crippen molar-refractivity contribution in [2.75, 3.05) is 11.4 Å². The second kappa shape index (κ2) is 6.99. The molecule has 2 heterocycles. The number of hydrogen-bond donors (Lipinski definition) is 1. The number of nitrogens with zero attached hydrogens (tertiary/aromatic N) is 4. The van der Waals surface area contributed by atoms with Gasteiger partial charge in [-0.3, -0.25) is 9.78 Å². The van der Waals surface area contributed by atoms with Crippen molar-refractivity contribution in [2.45, 2.75) is 19.8 Å². The first-order valence-corrected chi connectivity index (χ1v) is 7.00. The molecule has 7 heteroatoms. The Labute approximate surface area is 127 Å². The molecule has 0 aliphatic rings. The Balaban J connectivity index is 2.28. The SMILES string of the molecule is CCN(C(=O)CCC=N)c1cn(-c2cccnc2)nc1Cl. The zero-order valence-corrected chi connectivity index (χ0v) is 12.4. The Morgan fingerprint density at radius 1 is 1.57 bits per heavy atom. The summed E-state index contributed by atoms with van der Waals surface area (Å²) in [6.07, 6.45) is 6.99. The van der Waals surface area contributed by atoms with Gasteiger partial charge in [-0.05, 0) is 31.7 Å². The van der Waals surface area contributed by atoms with E-state index < -0.39 is 0 Å². The number of pyridine rings is 1. The highest BCUT2D eigenvalue weighted by Gasteiger charge is 2.19. The lowest BCUT2D eigenvalue weighted by molar-refractivity contribution is -0.118. The third-order valence-electron chi connectivity index (χ3n) is 2.97. The molecule has 2 aromatic rings. The van der Waals surface area contributed by atoms with Gasteiger partial charge in [0, 0.05) is 19.2 Å². The quantitative estimate of drug-likeness (QED) is 0.834. The summed E-state index contributed by atoms with van der Waals surface area (Å²) in [5, 5.41) is 11.5. The van der Waals surface area contributed by atoms with E-state index in [0.717, 1.165) is 5.69 Å². The van der Waals surface area contributed by atoms with E-state index in [2.05, 4.69) is 10.1 Å². The molecule has 1 N–H and O–H groups in total. The summed E-state index contributed by atoms with van der Waals surface area (Å²) >= 11 is 6.16. The van der Waals surface area contributed by atoms with Crippen LogP contribution in [0.15, 0.2) is 30.7 Å². The number of aromatic nitrogens is 3. The van der Waals surface area contributed by atoms with Gasteiger partial charge in [-0.25, -0.2) is 4.68 Å². The summed E-state index contributed by atoms with van der Waals surface area (Å²) in [5.74, 6) is -0.0753. The monoisotopic (exact) mass is 305 g/mol. The van der Waals surface area contributed by atoms with E-state index in [-0.39, 0.29) is 17.5 Å². The summed E-state index contributed by atoms with van der Waals surface area (Å²) in [6, 6.07) is 3.66. The predicted molar refractivity (Wildman–Crippen MR) is 82.4 cm³/mol. The minimum Gasteiger partial charge on any atom is -0.313 e. The number of anilines is 1. The summed E-state index contributed by atoms with van der Waals surface area (Å²) in [7, 11) is 0. The standard InChI is InChI=1S/C14H16ClN5O/c1-2-19(13(21)6-3-7-16)12-10-20(18-14(12)15)11-5-4-8-17-9-11/h4-5,7-10,16H,2-3,6H2,1H3. The van der Waals surface area contributed by atoms with E-state index >= 15 is 0 Å². The van der Waals surface area contributed by atoms with Gasteiger partial charge in [0.15, 0.2) is 5.15 Å².